The molecule has 0 spiro atoms. The van der Waals surface area contributed by atoms with Crippen molar-refractivity contribution in [1.29, 1.82) is 0 Å². The molecule has 0 aliphatic carbocycles. The van der Waals surface area contributed by atoms with Crippen LogP contribution in [0.3, 0.4) is 0 Å². The third kappa shape index (κ3) is 1.68. The summed E-state index contributed by atoms with van der Waals surface area (Å²) in [5.41, 5.74) is 0.349. The Bertz CT molecular complexity index is 588. The summed E-state index contributed by atoms with van der Waals surface area (Å²) in [6, 6.07) is 2.34. The summed E-state index contributed by atoms with van der Waals surface area (Å²) >= 11 is 0. The van der Waals surface area contributed by atoms with Gasteiger partial charge in [0, 0.05) is 25.2 Å². The zero-order valence-corrected chi connectivity index (χ0v) is 9.55. The van der Waals surface area contributed by atoms with Gasteiger partial charge in [0.1, 0.15) is 12.1 Å². The minimum Gasteiger partial charge on any atom is -0.355 e. The van der Waals surface area contributed by atoms with Gasteiger partial charge >= 0.3 is 5.69 Å². The van der Waals surface area contributed by atoms with Gasteiger partial charge in [-0.15, -0.1) is 0 Å². The molecule has 0 radical (unpaired) electrons. The molecule has 1 aliphatic heterocycles. The summed E-state index contributed by atoms with van der Waals surface area (Å²) in [5.74, 6) is 0.870. The third-order valence-electron chi connectivity index (χ3n) is 3.22. The number of nitrogens with one attached hydrogen (secondary N) is 2. The monoisotopic (exact) mass is 234 g/mol. The number of likely N-dealkylation sites (N-methyl/N-ethyl adjacent to an activating group) is 1. The van der Waals surface area contributed by atoms with Crippen LogP contribution in [0.4, 0.5) is 5.82 Å². The third-order valence-corrected chi connectivity index (χ3v) is 3.22. The lowest BCUT2D eigenvalue weighted by Crippen LogP contribution is -2.30. The van der Waals surface area contributed by atoms with Crippen molar-refractivity contribution in [3.8, 4) is 0 Å². The van der Waals surface area contributed by atoms with Crippen molar-refractivity contribution in [2.45, 2.75) is 12.5 Å². The van der Waals surface area contributed by atoms with Gasteiger partial charge in [-0.2, -0.15) is 5.10 Å². The first kappa shape index (κ1) is 10.3. The zero-order chi connectivity index (χ0) is 11.8. The van der Waals surface area contributed by atoms with Gasteiger partial charge in [0.25, 0.3) is 0 Å². The highest BCUT2D eigenvalue weighted by atomic mass is 16.1. The van der Waals surface area contributed by atoms with Crippen molar-refractivity contribution in [3.63, 3.8) is 0 Å². The topological polar surface area (TPSA) is 78.3 Å². The van der Waals surface area contributed by atoms with Crippen LogP contribution in [0, 0.1) is 0 Å². The molecule has 90 valence electrons. The molecule has 1 unspecified atom stereocenters. The second-order valence-corrected chi connectivity index (χ2v) is 4.22. The van der Waals surface area contributed by atoms with Crippen molar-refractivity contribution in [3.05, 3.63) is 22.9 Å². The number of rotatable bonds is 2. The number of anilines is 1. The Labute approximate surface area is 97.5 Å². The number of nitrogens with zero attached hydrogens (tertiary/aromatic N) is 4. The van der Waals surface area contributed by atoms with Crippen molar-refractivity contribution in [2.24, 2.45) is 0 Å². The number of aromatic amines is 1. The molecule has 1 atom stereocenters. The molecule has 2 aromatic heterocycles. The van der Waals surface area contributed by atoms with Crippen molar-refractivity contribution in [2.75, 3.05) is 25.0 Å². The summed E-state index contributed by atoms with van der Waals surface area (Å²) in [5, 5.41) is 9.59. The van der Waals surface area contributed by atoms with Gasteiger partial charge in [0.2, 0.25) is 0 Å². The minimum atomic E-state index is -0.256. The van der Waals surface area contributed by atoms with Crippen molar-refractivity contribution < 1.29 is 0 Å². The van der Waals surface area contributed by atoms with E-state index in [0.29, 0.717) is 11.7 Å². The molecule has 0 bridgehead atoms. The van der Waals surface area contributed by atoms with E-state index in [1.54, 1.807) is 0 Å². The largest absolute Gasteiger partial charge is 0.355 e. The predicted octanol–water partition coefficient (Wildman–Crippen LogP) is -0.784. The summed E-state index contributed by atoms with van der Waals surface area (Å²) in [6.07, 6.45) is 2.62. The van der Waals surface area contributed by atoms with Crippen LogP contribution in [-0.2, 0) is 0 Å². The van der Waals surface area contributed by atoms with Crippen molar-refractivity contribution in [1.82, 2.24) is 24.9 Å². The van der Waals surface area contributed by atoms with Gasteiger partial charge in [0.15, 0.2) is 5.65 Å². The Morgan fingerprint density at radius 1 is 1.59 bits per heavy atom. The Morgan fingerprint density at radius 3 is 3.24 bits per heavy atom. The molecule has 0 amide bonds. The molecule has 0 aromatic carbocycles. The van der Waals surface area contributed by atoms with Crippen LogP contribution in [0.5, 0.6) is 0 Å². The van der Waals surface area contributed by atoms with E-state index >= 15 is 0 Å². The number of hydrogen-bond acceptors (Lipinski definition) is 5. The summed E-state index contributed by atoms with van der Waals surface area (Å²) in [7, 11) is 1.97. The Kier molecular flexibility index (Phi) is 2.32. The molecule has 3 rings (SSSR count). The molecule has 2 N–H and O–H groups in total. The average molecular weight is 234 g/mol. The highest BCUT2D eigenvalue weighted by molar-refractivity contribution is 5.50. The first-order valence-corrected chi connectivity index (χ1v) is 5.63. The zero-order valence-electron chi connectivity index (χ0n) is 9.55. The molecular weight excluding hydrogens is 220 g/mol. The van der Waals surface area contributed by atoms with E-state index in [9.17, 15) is 4.79 Å². The van der Waals surface area contributed by atoms with E-state index in [1.165, 1.54) is 10.7 Å². The number of hydrogen-bond donors (Lipinski definition) is 2. The molecular formula is C10H14N6O. The summed E-state index contributed by atoms with van der Waals surface area (Å²) in [4.78, 5) is 17.8. The van der Waals surface area contributed by atoms with E-state index in [1.807, 2.05) is 13.1 Å². The fourth-order valence-corrected chi connectivity index (χ4v) is 2.18. The lowest BCUT2D eigenvalue weighted by Gasteiger charge is -2.16. The van der Waals surface area contributed by atoms with Crippen molar-refractivity contribution >= 4 is 11.5 Å². The Morgan fingerprint density at radius 2 is 2.47 bits per heavy atom. The van der Waals surface area contributed by atoms with Crippen LogP contribution < -0.4 is 15.9 Å². The minimum absolute atomic E-state index is 0.256. The number of fused-ring (bicyclic) bond motifs is 1. The van der Waals surface area contributed by atoms with E-state index in [2.05, 4.69) is 25.4 Å². The quantitative estimate of drug-likeness (QED) is 0.712. The van der Waals surface area contributed by atoms with Crippen LogP contribution >= 0.6 is 0 Å². The molecule has 7 heteroatoms. The van der Waals surface area contributed by atoms with E-state index in [4.69, 9.17) is 0 Å². The summed E-state index contributed by atoms with van der Waals surface area (Å²) in [6.45, 7) is 1.91. The lowest BCUT2D eigenvalue weighted by atomic mass is 10.3. The molecule has 1 aliphatic rings. The van der Waals surface area contributed by atoms with E-state index < -0.39 is 0 Å². The van der Waals surface area contributed by atoms with Gasteiger partial charge in [-0.25, -0.2) is 19.3 Å². The van der Waals surface area contributed by atoms with Crippen LogP contribution in [0.25, 0.3) is 5.65 Å². The van der Waals surface area contributed by atoms with Crippen LogP contribution in [0.2, 0.25) is 0 Å². The van der Waals surface area contributed by atoms with Gasteiger partial charge in [0.05, 0.1) is 0 Å². The van der Waals surface area contributed by atoms with Gasteiger partial charge < -0.3 is 10.2 Å². The molecule has 17 heavy (non-hydrogen) atoms. The smallest absolute Gasteiger partial charge is 0.348 e. The predicted molar refractivity (Wildman–Crippen MR) is 63.3 cm³/mol. The van der Waals surface area contributed by atoms with Gasteiger partial charge in [-0.1, -0.05) is 0 Å². The molecule has 2 aromatic rings. The number of H-pyrrole nitrogens is 1. The second-order valence-electron chi connectivity index (χ2n) is 4.22. The summed E-state index contributed by atoms with van der Waals surface area (Å²) < 4.78 is 1.40. The lowest BCUT2D eigenvalue weighted by molar-refractivity contribution is 0.616. The average Bonchev–Trinajstić information content (AvgIpc) is 2.96. The molecule has 1 fully saturated rings. The SMILES string of the molecule is CNC1CCN(c2cc3n[nH]c(=O)n3cn2)C1. The van der Waals surface area contributed by atoms with Gasteiger partial charge in [-0.05, 0) is 13.5 Å². The maximum absolute atomic E-state index is 11.3. The number of aromatic nitrogens is 4. The molecule has 0 saturated carbocycles. The second kappa shape index (κ2) is 3.85. The molecule has 1 saturated heterocycles. The normalized spacial score (nSPS) is 20.3. The van der Waals surface area contributed by atoms with Crippen LogP contribution in [-0.4, -0.2) is 45.8 Å². The molecule has 3 heterocycles. The Balaban J connectivity index is 1.93. The highest BCUT2D eigenvalue weighted by Gasteiger charge is 2.22. The van der Waals surface area contributed by atoms with E-state index in [0.717, 1.165) is 25.3 Å². The standard InChI is InChI=1S/C10H14N6O/c1-11-7-2-3-15(5-7)8-4-9-13-14-10(17)16(9)6-12-8/h4,6-7,11H,2-3,5H2,1H3,(H,14,17). The fraction of sp³-hybridized carbons (Fsp3) is 0.500. The van der Waals surface area contributed by atoms with Gasteiger partial charge in [-0.3, -0.25) is 0 Å². The molecule has 7 nitrogen and oxygen atoms in total. The Hall–Kier alpha value is -1.89. The van der Waals surface area contributed by atoms with Crippen LogP contribution in [0.1, 0.15) is 6.42 Å². The van der Waals surface area contributed by atoms with E-state index in [-0.39, 0.29) is 5.69 Å². The maximum atomic E-state index is 11.3. The van der Waals surface area contributed by atoms with Crippen LogP contribution in [0.15, 0.2) is 17.2 Å². The fourth-order valence-electron chi connectivity index (χ4n) is 2.18. The highest BCUT2D eigenvalue weighted by Crippen LogP contribution is 2.18. The first-order chi connectivity index (χ1) is 8.28. The first-order valence-electron chi connectivity index (χ1n) is 5.63. The maximum Gasteiger partial charge on any atom is 0.348 e.